The summed E-state index contributed by atoms with van der Waals surface area (Å²) in [4.78, 5) is 41.5. The summed E-state index contributed by atoms with van der Waals surface area (Å²) in [6.07, 6.45) is 0.284. The van der Waals surface area contributed by atoms with E-state index in [2.05, 4.69) is 11.4 Å². The minimum absolute atomic E-state index is 0.0545. The summed E-state index contributed by atoms with van der Waals surface area (Å²) in [5.74, 6) is -7.90. The molecule has 11 heteroatoms. The van der Waals surface area contributed by atoms with E-state index < -0.39 is 63.8 Å². The second kappa shape index (κ2) is 11.1. The monoisotopic (exact) mass is 600 g/mol. The highest BCUT2D eigenvalue weighted by Gasteiger charge is 2.64. The van der Waals surface area contributed by atoms with Crippen molar-refractivity contribution in [3.63, 3.8) is 0 Å². The summed E-state index contributed by atoms with van der Waals surface area (Å²) >= 11 is 0. The Balaban J connectivity index is 1.59. The zero-order chi connectivity index (χ0) is 32.2. The van der Waals surface area contributed by atoms with Crippen LogP contribution < -0.4 is 16.0 Å². The lowest BCUT2D eigenvalue weighted by Gasteiger charge is -2.50. The highest BCUT2D eigenvalue weighted by atomic mass is 16.3. The molecule has 1 fully saturated rings. The number of aromatic hydroxyl groups is 1. The molecule has 5 rings (SSSR count). The first-order valence-corrected chi connectivity index (χ1v) is 14.5. The lowest BCUT2D eigenvalue weighted by atomic mass is 9.54. The quantitative estimate of drug-likeness (QED) is 0.257. The number of ketones is 2. The van der Waals surface area contributed by atoms with Gasteiger partial charge in [-0.2, -0.15) is 5.26 Å². The Morgan fingerprint density at radius 3 is 2.39 bits per heavy atom. The van der Waals surface area contributed by atoms with Crippen molar-refractivity contribution in [3.8, 4) is 11.8 Å². The van der Waals surface area contributed by atoms with Crippen LogP contribution in [0.4, 0.5) is 5.69 Å². The van der Waals surface area contributed by atoms with E-state index in [0.29, 0.717) is 28.9 Å². The van der Waals surface area contributed by atoms with Crippen LogP contribution >= 0.6 is 0 Å². The van der Waals surface area contributed by atoms with Crippen LogP contribution in [-0.2, 0) is 33.9 Å². The maximum absolute atomic E-state index is 14.1. The predicted molar refractivity (Wildman–Crippen MR) is 161 cm³/mol. The summed E-state index contributed by atoms with van der Waals surface area (Å²) in [5, 5.41) is 58.3. The number of Topliss-reactive ketones (excluding diaryl/α,β-unsaturated/α-hetero) is 2. The first-order chi connectivity index (χ1) is 20.7. The number of primary amides is 1. The molecule has 230 valence electrons. The fraction of sp³-hybridized carbons (Fsp3) is 0.394. The molecule has 2 aromatic rings. The van der Waals surface area contributed by atoms with Gasteiger partial charge in [-0.25, -0.2) is 0 Å². The topological polar surface area (TPSA) is 197 Å². The zero-order valence-corrected chi connectivity index (χ0v) is 25.0. The molecule has 1 amide bonds. The van der Waals surface area contributed by atoms with E-state index in [4.69, 9.17) is 11.0 Å². The summed E-state index contributed by atoms with van der Waals surface area (Å²) in [6, 6.07) is 11.0. The zero-order valence-electron chi connectivity index (χ0n) is 25.0. The highest BCUT2D eigenvalue weighted by molar-refractivity contribution is 6.23. The van der Waals surface area contributed by atoms with Crippen LogP contribution in [0.5, 0.6) is 5.75 Å². The van der Waals surface area contributed by atoms with Crippen LogP contribution in [0.25, 0.3) is 5.76 Å². The molecule has 4 atom stereocenters. The van der Waals surface area contributed by atoms with Gasteiger partial charge in [-0.3, -0.25) is 14.4 Å². The number of phenolic OH excluding ortho intramolecular Hbond substituents is 1. The molecule has 44 heavy (non-hydrogen) atoms. The van der Waals surface area contributed by atoms with Crippen molar-refractivity contribution in [1.82, 2.24) is 5.32 Å². The second-order valence-electron chi connectivity index (χ2n) is 12.4. The van der Waals surface area contributed by atoms with Gasteiger partial charge in [0.1, 0.15) is 22.8 Å². The van der Waals surface area contributed by atoms with Gasteiger partial charge in [0.25, 0.3) is 5.91 Å². The van der Waals surface area contributed by atoms with Crippen LogP contribution in [0.3, 0.4) is 0 Å². The Morgan fingerprint density at radius 2 is 1.82 bits per heavy atom. The van der Waals surface area contributed by atoms with Crippen molar-refractivity contribution in [2.75, 3.05) is 19.0 Å². The minimum atomic E-state index is -2.65. The third kappa shape index (κ3) is 4.62. The number of amides is 1. The molecule has 0 radical (unpaired) electrons. The number of phenols is 1. The number of aliphatic hydroxyl groups is 3. The van der Waals surface area contributed by atoms with Crippen molar-refractivity contribution in [3.05, 3.63) is 75.1 Å². The van der Waals surface area contributed by atoms with Gasteiger partial charge >= 0.3 is 0 Å². The number of nitrogens with one attached hydrogen (secondary N) is 1. The first-order valence-electron chi connectivity index (χ1n) is 14.5. The van der Waals surface area contributed by atoms with Gasteiger partial charge in [0, 0.05) is 55.8 Å². The average Bonchev–Trinajstić information content (AvgIpc) is 2.96. The lowest BCUT2D eigenvalue weighted by molar-refractivity contribution is -0.155. The number of rotatable bonds is 7. The molecular weight excluding hydrogens is 564 g/mol. The van der Waals surface area contributed by atoms with E-state index in [1.54, 1.807) is 26.0 Å². The molecule has 0 bridgehead atoms. The van der Waals surface area contributed by atoms with Gasteiger partial charge < -0.3 is 36.4 Å². The number of anilines is 1. The Bertz CT molecular complexity index is 1680. The van der Waals surface area contributed by atoms with Crippen molar-refractivity contribution >= 4 is 28.9 Å². The Labute approximate surface area is 254 Å². The smallest absolute Gasteiger partial charge is 0.255 e. The predicted octanol–water partition coefficient (Wildman–Crippen LogP) is 2.53. The number of benzene rings is 2. The number of hydrogen-bond acceptors (Lipinski definition) is 10. The third-order valence-corrected chi connectivity index (χ3v) is 9.23. The molecule has 3 aliphatic rings. The molecule has 0 aromatic heterocycles. The summed E-state index contributed by atoms with van der Waals surface area (Å²) in [6.45, 7) is 4.10. The summed E-state index contributed by atoms with van der Waals surface area (Å²) in [5.41, 5.74) is 5.07. The van der Waals surface area contributed by atoms with Crippen molar-refractivity contribution < 1.29 is 34.8 Å². The van der Waals surface area contributed by atoms with E-state index in [1.807, 2.05) is 37.2 Å². The van der Waals surface area contributed by atoms with Crippen molar-refractivity contribution in [2.24, 2.45) is 29.4 Å². The average molecular weight is 601 g/mol. The third-order valence-electron chi connectivity index (χ3n) is 9.23. The van der Waals surface area contributed by atoms with E-state index in [1.165, 1.54) is 0 Å². The molecule has 0 saturated heterocycles. The minimum Gasteiger partial charge on any atom is -0.508 e. The van der Waals surface area contributed by atoms with Crippen LogP contribution in [0, 0.1) is 35.0 Å². The number of nitrogens with two attached hydrogens (primary N) is 1. The molecule has 0 aliphatic heterocycles. The van der Waals surface area contributed by atoms with E-state index in [-0.39, 0.29) is 36.3 Å². The number of aliphatic hydroxyl groups excluding tert-OH is 2. The number of carbonyl (C=O) groups is 3. The molecule has 2 aromatic carbocycles. The SMILES string of the molecule is CC(C)[C@@H]1C(=O)C(C(N)=O)=C(O)[C@@]2(O)C(=O)C3=C(O)c4c(O)c(CNCc5ccc(C#N)cc5)cc(N(C)C)c4C[C@H]3C[C@@H]12. The number of carbonyl (C=O) groups excluding carboxylic acids is 3. The summed E-state index contributed by atoms with van der Waals surface area (Å²) < 4.78 is 0. The standard InChI is InChI=1S/C33H36N4O7/c1-15(2)23-21-10-18-9-20-22(37(3)4)11-19(14-36-13-17-7-5-16(12-34)6-8-17)27(38)25(20)29(40)24(18)30(41)33(21,44)31(42)26(28(23)39)32(35)43/h5-8,11,15,18,21,23,36,38,40,42,44H,9-10,13-14H2,1-4H3,(H2,35,43)/t18-,21-,23-,33-/m0/s1. The van der Waals surface area contributed by atoms with Gasteiger partial charge in [0.05, 0.1) is 17.2 Å². The number of nitriles is 1. The Kier molecular flexibility index (Phi) is 7.78. The fourth-order valence-electron chi connectivity index (χ4n) is 7.16. The molecule has 3 aliphatic carbocycles. The van der Waals surface area contributed by atoms with Gasteiger partial charge in [-0.1, -0.05) is 26.0 Å². The van der Waals surface area contributed by atoms with Gasteiger partial charge in [-0.05, 0) is 54.0 Å². The van der Waals surface area contributed by atoms with E-state index >= 15 is 0 Å². The summed E-state index contributed by atoms with van der Waals surface area (Å²) in [7, 11) is 3.65. The normalized spacial score (nSPS) is 24.5. The molecule has 0 spiro atoms. The number of hydrogen-bond donors (Lipinski definition) is 6. The second-order valence-corrected chi connectivity index (χ2v) is 12.4. The Hall–Kier alpha value is -4.66. The molecular formula is C33H36N4O7. The first kappa shape index (κ1) is 30.8. The largest absolute Gasteiger partial charge is 0.508 e. The molecule has 0 heterocycles. The molecule has 1 saturated carbocycles. The molecule has 7 N–H and O–H groups in total. The van der Waals surface area contributed by atoms with Crippen LogP contribution in [-0.4, -0.2) is 57.6 Å². The maximum atomic E-state index is 14.1. The van der Waals surface area contributed by atoms with Gasteiger partial charge in [0.2, 0.25) is 5.78 Å². The van der Waals surface area contributed by atoms with Crippen molar-refractivity contribution in [1.29, 1.82) is 5.26 Å². The highest BCUT2D eigenvalue weighted by Crippen LogP contribution is 2.55. The van der Waals surface area contributed by atoms with Gasteiger partial charge in [-0.15, -0.1) is 0 Å². The maximum Gasteiger partial charge on any atom is 0.255 e. The number of nitrogens with zero attached hydrogens (tertiary/aromatic N) is 2. The van der Waals surface area contributed by atoms with E-state index in [0.717, 1.165) is 5.56 Å². The number of fused-ring (bicyclic) bond motifs is 3. The molecule has 11 nitrogen and oxygen atoms in total. The van der Waals surface area contributed by atoms with Crippen LogP contribution in [0.1, 0.15) is 48.1 Å². The van der Waals surface area contributed by atoms with E-state index in [9.17, 15) is 34.8 Å². The Morgan fingerprint density at radius 1 is 1.16 bits per heavy atom. The molecule has 0 unspecified atom stereocenters. The van der Waals surface area contributed by atoms with Crippen LogP contribution in [0.2, 0.25) is 0 Å². The lowest BCUT2D eigenvalue weighted by Crippen LogP contribution is -2.62. The fourth-order valence-corrected chi connectivity index (χ4v) is 7.16. The van der Waals surface area contributed by atoms with Gasteiger partial charge in [0.15, 0.2) is 11.4 Å². The van der Waals surface area contributed by atoms with Crippen LogP contribution in [0.15, 0.2) is 47.2 Å². The van der Waals surface area contributed by atoms with Crippen molar-refractivity contribution in [2.45, 2.75) is 45.4 Å².